The number of aliphatic imine (C=N–C) groups is 1. The van der Waals surface area contributed by atoms with E-state index < -0.39 is 0 Å². The monoisotopic (exact) mass is 373 g/mol. The molecule has 1 aromatic rings. The van der Waals surface area contributed by atoms with Crippen molar-refractivity contribution in [1.29, 1.82) is 0 Å². The smallest absolute Gasteiger partial charge is 0.233 e. The summed E-state index contributed by atoms with van der Waals surface area (Å²) in [4.78, 5) is 18.5. The van der Waals surface area contributed by atoms with Gasteiger partial charge in [-0.25, -0.2) is 0 Å². The second kappa shape index (κ2) is 10.9. The third-order valence-electron chi connectivity index (χ3n) is 5.09. The van der Waals surface area contributed by atoms with Crippen LogP contribution in [0.5, 0.6) is 0 Å². The topological polar surface area (TPSA) is 68.8 Å². The highest BCUT2D eigenvalue weighted by molar-refractivity contribution is 5.80. The van der Waals surface area contributed by atoms with Gasteiger partial charge in [-0.3, -0.25) is 14.7 Å². The van der Waals surface area contributed by atoms with Crippen LogP contribution in [-0.2, 0) is 4.79 Å². The van der Waals surface area contributed by atoms with Crippen LogP contribution in [0, 0.1) is 6.92 Å². The van der Waals surface area contributed by atoms with Crippen LogP contribution in [-0.4, -0.2) is 62.6 Å². The Balaban J connectivity index is 1.85. The van der Waals surface area contributed by atoms with Crippen molar-refractivity contribution in [2.75, 3.05) is 39.8 Å². The number of carbonyl (C=O) groups excluding carboxylic acids is 1. The number of benzene rings is 1. The molecule has 3 N–H and O–H groups in total. The molecule has 6 heteroatoms. The lowest BCUT2D eigenvalue weighted by atomic mass is 10.0. The Bertz CT molecular complexity index is 606. The fourth-order valence-electron chi connectivity index (χ4n) is 3.26. The Morgan fingerprint density at radius 3 is 2.52 bits per heavy atom. The molecule has 0 radical (unpaired) electrons. The molecule has 27 heavy (non-hydrogen) atoms. The number of piperidine rings is 1. The van der Waals surface area contributed by atoms with E-state index in [9.17, 15) is 4.79 Å². The third kappa shape index (κ3) is 7.21. The lowest BCUT2D eigenvalue weighted by Crippen LogP contribution is -2.50. The summed E-state index contributed by atoms with van der Waals surface area (Å²) in [5.74, 6) is 1.36. The molecule has 1 saturated heterocycles. The van der Waals surface area contributed by atoms with Gasteiger partial charge in [0.25, 0.3) is 0 Å². The normalized spacial score (nSPS) is 17.4. The molecular weight excluding hydrogens is 338 g/mol. The number of nitrogens with one attached hydrogen (secondary N) is 3. The van der Waals surface area contributed by atoms with E-state index in [-0.39, 0.29) is 5.91 Å². The maximum atomic E-state index is 11.5. The van der Waals surface area contributed by atoms with E-state index in [4.69, 9.17) is 4.99 Å². The fourth-order valence-corrected chi connectivity index (χ4v) is 3.26. The summed E-state index contributed by atoms with van der Waals surface area (Å²) in [5, 5.41) is 9.62. The van der Waals surface area contributed by atoms with Gasteiger partial charge in [0.1, 0.15) is 0 Å². The van der Waals surface area contributed by atoms with Gasteiger partial charge >= 0.3 is 0 Å². The van der Waals surface area contributed by atoms with Crippen molar-refractivity contribution in [3.63, 3.8) is 0 Å². The quantitative estimate of drug-likeness (QED) is 0.504. The number of nitrogens with zero attached hydrogens (tertiary/aromatic N) is 2. The Morgan fingerprint density at radius 2 is 1.93 bits per heavy atom. The van der Waals surface area contributed by atoms with Crippen LogP contribution in [0.15, 0.2) is 29.3 Å². The molecule has 150 valence electrons. The van der Waals surface area contributed by atoms with Crippen molar-refractivity contribution in [2.45, 2.75) is 45.6 Å². The van der Waals surface area contributed by atoms with Crippen LogP contribution in [0.1, 0.15) is 43.7 Å². The SMILES string of the molecule is CCNC(=NCC(C)c1ccc(C)cc1)NC1CCN(CC(=O)NC)CC1. The molecule has 0 aliphatic carbocycles. The zero-order valence-corrected chi connectivity index (χ0v) is 17.2. The van der Waals surface area contributed by atoms with Crippen LogP contribution in [0.2, 0.25) is 0 Å². The predicted molar refractivity (Wildman–Crippen MR) is 112 cm³/mol. The molecule has 1 atom stereocenters. The molecule has 1 heterocycles. The van der Waals surface area contributed by atoms with E-state index >= 15 is 0 Å². The maximum Gasteiger partial charge on any atom is 0.233 e. The van der Waals surface area contributed by atoms with Crippen LogP contribution in [0.4, 0.5) is 0 Å². The number of likely N-dealkylation sites (tertiary alicyclic amines) is 1. The summed E-state index contributed by atoms with van der Waals surface area (Å²) < 4.78 is 0. The highest BCUT2D eigenvalue weighted by Crippen LogP contribution is 2.16. The summed E-state index contributed by atoms with van der Waals surface area (Å²) in [6.07, 6.45) is 2.05. The van der Waals surface area contributed by atoms with Gasteiger partial charge < -0.3 is 16.0 Å². The molecule has 1 aliphatic rings. The Labute approximate surface area is 163 Å². The molecule has 0 spiro atoms. The van der Waals surface area contributed by atoms with Crippen molar-refractivity contribution in [3.8, 4) is 0 Å². The molecule has 2 rings (SSSR count). The van der Waals surface area contributed by atoms with Crippen LogP contribution in [0.25, 0.3) is 0 Å². The standard InChI is InChI=1S/C21H35N5O/c1-5-23-21(24-14-17(3)18-8-6-16(2)7-9-18)25-19-10-12-26(13-11-19)15-20(27)22-4/h6-9,17,19H,5,10-15H2,1-4H3,(H,22,27)(H2,23,24,25). The number of guanidine groups is 1. The fraction of sp³-hybridized carbons (Fsp3) is 0.619. The maximum absolute atomic E-state index is 11.5. The zero-order chi connectivity index (χ0) is 19.6. The second-order valence-corrected chi connectivity index (χ2v) is 7.40. The van der Waals surface area contributed by atoms with E-state index in [1.807, 2.05) is 0 Å². The predicted octanol–water partition coefficient (Wildman–Crippen LogP) is 1.86. The summed E-state index contributed by atoms with van der Waals surface area (Å²) in [5.41, 5.74) is 2.61. The Morgan fingerprint density at radius 1 is 1.26 bits per heavy atom. The second-order valence-electron chi connectivity index (χ2n) is 7.40. The molecule has 0 aromatic heterocycles. The van der Waals surface area contributed by atoms with Gasteiger partial charge in [0.05, 0.1) is 6.54 Å². The Hall–Kier alpha value is -2.08. The van der Waals surface area contributed by atoms with Gasteiger partial charge in [-0.2, -0.15) is 0 Å². The molecular formula is C21H35N5O. The van der Waals surface area contributed by atoms with Crippen molar-refractivity contribution in [3.05, 3.63) is 35.4 Å². The molecule has 1 aliphatic heterocycles. The average Bonchev–Trinajstić information content (AvgIpc) is 2.68. The van der Waals surface area contributed by atoms with Gasteiger partial charge in [-0.05, 0) is 32.3 Å². The van der Waals surface area contributed by atoms with Crippen LogP contribution in [0.3, 0.4) is 0 Å². The van der Waals surface area contributed by atoms with Crippen molar-refractivity contribution in [1.82, 2.24) is 20.9 Å². The molecule has 0 bridgehead atoms. The summed E-state index contributed by atoms with van der Waals surface area (Å²) in [6.45, 7) is 10.4. The van der Waals surface area contributed by atoms with Crippen molar-refractivity contribution < 1.29 is 4.79 Å². The van der Waals surface area contributed by atoms with Gasteiger partial charge in [-0.1, -0.05) is 36.8 Å². The van der Waals surface area contributed by atoms with Crippen molar-refractivity contribution in [2.24, 2.45) is 4.99 Å². The molecule has 1 unspecified atom stereocenters. The number of hydrogen-bond donors (Lipinski definition) is 3. The van der Waals surface area contributed by atoms with Gasteiger partial charge in [0.15, 0.2) is 5.96 Å². The number of amides is 1. The number of rotatable bonds is 7. The first-order valence-corrected chi connectivity index (χ1v) is 10.1. The Kier molecular flexibility index (Phi) is 8.58. The van der Waals surface area contributed by atoms with Gasteiger partial charge in [0, 0.05) is 45.2 Å². The molecule has 0 saturated carbocycles. The zero-order valence-electron chi connectivity index (χ0n) is 17.2. The number of carbonyl (C=O) groups is 1. The highest BCUT2D eigenvalue weighted by Gasteiger charge is 2.21. The minimum Gasteiger partial charge on any atom is -0.358 e. The molecule has 1 fully saturated rings. The third-order valence-corrected chi connectivity index (χ3v) is 5.09. The first-order valence-electron chi connectivity index (χ1n) is 10.1. The van der Waals surface area contributed by atoms with E-state index in [1.54, 1.807) is 7.05 Å². The summed E-state index contributed by atoms with van der Waals surface area (Å²) in [7, 11) is 1.69. The van der Waals surface area contributed by atoms with Gasteiger partial charge in [-0.15, -0.1) is 0 Å². The molecule has 6 nitrogen and oxygen atoms in total. The first kappa shape index (κ1) is 21.2. The highest BCUT2D eigenvalue weighted by atomic mass is 16.1. The van der Waals surface area contributed by atoms with E-state index in [0.717, 1.165) is 45.0 Å². The van der Waals surface area contributed by atoms with E-state index in [0.29, 0.717) is 18.5 Å². The number of aryl methyl sites for hydroxylation is 1. The largest absolute Gasteiger partial charge is 0.358 e. The first-order chi connectivity index (χ1) is 13.0. The molecule has 1 amide bonds. The lowest BCUT2D eigenvalue weighted by Gasteiger charge is -2.32. The van der Waals surface area contributed by atoms with Gasteiger partial charge in [0.2, 0.25) is 5.91 Å². The molecule has 1 aromatic carbocycles. The van der Waals surface area contributed by atoms with Crippen LogP contribution >= 0.6 is 0 Å². The summed E-state index contributed by atoms with van der Waals surface area (Å²) >= 11 is 0. The minimum absolute atomic E-state index is 0.0846. The lowest BCUT2D eigenvalue weighted by molar-refractivity contribution is -0.122. The van der Waals surface area contributed by atoms with E-state index in [1.165, 1.54) is 11.1 Å². The van der Waals surface area contributed by atoms with E-state index in [2.05, 4.69) is 65.9 Å². The number of hydrogen-bond acceptors (Lipinski definition) is 3. The minimum atomic E-state index is 0.0846. The summed E-state index contributed by atoms with van der Waals surface area (Å²) in [6, 6.07) is 9.10. The number of likely N-dealkylation sites (N-methyl/N-ethyl adjacent to an activating group) is 1. The van der Waals surface area contributed by atoms with Crippen LogP contribution < -0.4 is 16.0 Å². The average molecular weight is 374 g/mol. The van der Waals surface area contributed by atoms with Crippen molar-refractivity contribution >= 4 is 11.9 Å².